The summed E-state index contributed by atoms with van der Waals surface area (Å²) >= 11 is 19.1. The third-order valence-electron chi connectivity index (χ3n) is 4.28. The predicted molar refractivity (Wildman–Crippen MR) is 106 cm³/mol. The molecule has 1 atom stereocenters. The minimum Gasteiger partial charge on any atom is -0.290 e. The summed E-state index contributed by atoms with van der Waals surface area (Å²) in [6.45, 7) is 3.73. The SMILES string of the molecule is CC(C)C1=C(Cl)C(=O)[C@@](Cl)(c2ccccc2)C(=O)N1c1ccc(Cl)cc1. The van der Waals surface area contributed by atoms with E-state index in [1.807, 2.05) is 13.8 Å². The van der Waals surface area contributed by atoms with Crippen molar-refractivity contribution in [3.05, 3.63) is 75.9 Å². The smallest absolute Gasteiger partial charge is 0.265 e. The van der Waals surface area contributed by atoms with Gasteiger partial charge in [-0.15, -0.1) is 0 Å². The first-order valence-electron chi connectivity index (χ1n) is 8.07. The van der Waals surface area contributed by atoms with E-state index < -0.39 is 16.6 Å². The maximum atomic E-state index is 13.5. The molecule has 2 aromatic rings. The number of benzene rings is 2. The molecule has 0 radical (unpaired) electrons. The highest BCUT2D eigenvalue weighted by molar-refractivity contribution is 6.58. The lowest BCUT2D eigenvalue weighted by molar-refractivity contribution is -0.129. The van der Waals surface area contributed by atoms with Crippen LogP contribution in [0.2, 0.25) is 5.02 Å². The number of amides is 1. The fourth-order valence-corrected chi connectivity index (χ4v) is 3.93. The van der Waals surface area contributed by atoms with Gasteiger partial charge in [-0.3, -0.25) is 14.5 Å². The van der Waals surface area contributed by atoms with Crippen molar-refractivity contribution in [1.29, 1.82) is 0 Å². The van der Waals surface area contributed by atoms with Crippen molar-refractivity contribution in [1.82, 2.24) is 0 Å². The molecule has 0 spiro atoms. The zero-order valence-corrected chi connectivity index (χ0v) is 16.4. The summed E-state index contributed by atoms with van der Waals surface area (Å²) in [6.07, 6.45) is 0. The Labute approximate surface area is 167 Å². The first-order chi connectivity index (χ1) is 12.3. The average Bonchev–Trinajstić information content (AvgIpc) is 2.64. The summed E-state index contributed by atoms with van der Waals surface area (Å²) in [5, 5.41) is 0.504. The molecule has 0 unspecified atom stereocenters. The molecule has 2 aromatic carbocycles. The van der Waals surface area contributed by atoms with Gasteiger partial charge in [0.25, 0.3) is 5.91 Å². The Morgan fingerprint density at radius 3 is 2.04 bits per heavy atom. The van der Waals surface area contributed by atoms with E-state index in [4.69, 9.17) is 34.8 Å². The Balaban J connectivity index is 2.26. The van der Waals surface area contributed by atoms with E-state index in [9.17, 15) is 9.59 Å². The lowest BCUT2D eigenvalue weighted by Gasteiger charge is -2.39. The van der Waals surface area contributed by atoms with Crippen LogP contribution in [0.1, 0.15) is 19.4 Å². The minimum absolute atomic E-state index is 0.0339. The first-order valence-corrected chi connectivity index (χ1v) is 9.21. The Morgan fingerprint density at radius 2 is 1.50 bits per heavy atom. The fourth-order valence-electron chi connectivity index (χ4n) is 3.01. The number of hydrogen-bond donors (Lipinski definition) is 0. The number of alkyl halides is 1. The van der Waals surface area contributed by atoms with E-state index in [1.54, 1.807) is 54.6 Å². The van der Waals surface area contributed by atoms with Crippen LogP contribution in [0.5, 0.6) is 0 Å². The number of halogens is 3. The number of ketones is 1. The molecule has 26 heavy (non-hydrogen) atoms. The number of hydrogen-bond acceptors (Lipinski definition) is 2. The summed E-state index contributed by atoms with van der Waals surface area (Å²) in [4.78, 5) is 26.0. The maximum Gasteiger partial charge on any atom is 0.265 e. The molecule has 0 bridgehead atoms. The van der Waals surface area contributed by atoms with Crippen molar-refractivity contribution in [2.75, 3.05) is 4.90 Å². The Bertz CT molecular complexity index is 891. The highest BCUT2D eigenvalue weighted by atomic mass is 35.5. The molecule has 134 valence electrons. The van der Waals surface area contributed by atoms with Gasteiger partial charge in [-0.05, 0) is 35.7 Å². The zero-order valence-electron chi connectivity index (χ0n) is 14.2. The molecule has 0 N–H and O–H groups in total. The quantitative estimate of drug-likeness (QED) is 0.497. The summed E-state index contributed by atoms with van der Waals surface area (Å²) in [5.41, 5.74) is 1.36. The molecule has 6 heteroatoms. The molecule has 3 nitrogen and oxygen atoms in total. The van der Waals surface area contributed by atoms with Gasteiger partial charge < -0.3 is 0 Å². The van der Waals surface area contributed by atoms with Crippen LogP contribution in [0, 0.1) is 5.92 Å². The van der Waals surface area contributed by atoms with Gasteiger partial charge in [0.1, 0.15) is 5.03 Å². The van der Waals surface area contributed by atoms with Crippen molar-refractivity contribution in [3.8, 4) is 0 Å². The minimum atomic E-state index is -1.91. The van der Waals surface area contributed by atoms with Gasteiger partial charge in [-0.2, -0.15) is 0 Å². The monoisotopic (exact) mass is 407 g/mol. The van der Waals surface area contributed by atoms with Gasteiger partial charge in [0.15, 0.2) is 0 Å². The van der Waals surface area contributed by atoms with Crippen LogP contribution in [0.4, 0.5) is 5.69 Å². The number of nitrogens with zero attached hydrogens (tertiary/aromatic N) is 1. The fraction of sp³-hybridized carbons (Fsp3) is 0.200. The molecule has 1 aliphatic heterocycles. The van der Waals surface area contributed by atoms with Crippen LogP contribution >= 0.6 is 34.8 Å². The van der Waals surface area contributed by atoms with Crippen LogP contribution in [0.15, 0.2) is 65.3 Å². The lowest BCUT2D eigenvalue weighted by atomic mass is 9.86. The van der Waals surface area contributed by atoms with Gasteiger partial charge in [-0.1, -0.05) is 79.0 Å². The normalized spacial score (nSPS) is 20.9. The van der Waals surface area contributed by atoms with Crippen LogP contribution in [-0.4, -0.2) is 11.7 Å². The summed E-state index contributed by atoms with van der Waals surface area (Å²) in [7, 11) is 0. The van der Waals surface area contributed by atoms with Crippen LogP contribution < -0.4 is 4.90 Å². The third-order valence-corrected chi connectivity index (χ3v) is 5.45. The number of allylic oxidation sites excluding steroid dienone is 2. The Morgan fingerprint density at radius 1 is 0.923 bits per heavy atom. The van der Waals surface area contributed by atoms with Crippen molar-refractivity contribution >= 4 is 52.2 Å². The van der Waals surface area contributed by atoms with Gasteiger partial charge in [0.2, 0.25) is 10.7 Å². The molecule has 1 aliphatic rings. The largest absolute Gasteiger partial charge is 0.290 e. The van der Waals surface area contributed by atoms with E-state index in [-0.39, 0.29) is 11.0 Å². The van der Waals surface area contributed by atoms with Crippen LogP contribution in [0.3, 0.4) is 0 Å². The van der Waals surface area contributed by atoms with E-state index in [2.05, 4.69) is 0 Å². The predicted octanol–water partition coefficient (Wildman–Crippen LogP) is 5.50. The van der Waals surface area contributed by atoms with Gasteiger partial charge in [-0.25, -0.2) is 0 Å². The van der Waals surface area contributed by atoms with Crippen molar-refractivity contribution < 1.29 is 9.59 Å². The van der Waals surface area contributed by atoms with E-state index >= 15 is 0 Å². The molecule has 0 saturated heterocycles. The lowest BCUT2D eigenvalue weighted by Crippen LogP contribution is -2.53. The number of anilines is 1. The highest BCUT2D eigenvalue weighted by Gasteiger charge is 2.54. The molecule has 0 saturated carbocycles. The summed E-state index contributed by atoms with van der Waals surface area (Å²) in [6, 6.07) is 15.3. The second kappa shape index (κ2) is 7.07. The standard InChI is InChI=1S/C20H16Cl3NO2/c1-12(2)17-16(22)18(25)20(23,13-6-4-3-5-7-13)19(26)24(17)15-10-8-14(21)9-11-15/h3-12H,1-2H3/t20-/m0/s1. The van der Waals surface area contributed by atoms with Crippen molar-refractivity contribution in [2.45, 2.75) is 18.7 Å². The topological polar surface area (TPSA) is 37.4 Å². The molecule has 0 aliphatic carbocycles. The first kappa shape index (κ1) is 19.0. The van der Waals surface area contributed by atoms with Crippen LogP contribution in [0.25, 0.3) is 0 Å². The highest BCUT2D eigenvalue weighted by Crippen LogP contribution is 2.45. The van der Waals surface area contributed by atoms with Gasteiger partial charge >= 0.3 is 0 Å². The number of carbonyl (C=O) groups is 2. The maximum absolute atomic E-state index is 13.5. The van der Waals surface area contributed by atoms with Crippen LogP contribution in [-0.2, 0) is 14.5 Å². The summed E-state index contributed by atoms with van der Waals surface area (Å²) < 4.78 is 0. The number of rotatable bonds is 3. The second-order valence-electron chi connectivity index (χ2n) is 6.32. The average molecular weight is 409 g/mol. The zero-order chi connectivity index (χ0) is 19.1. The van der Waals surface area contributed by atoms with Crippen molar-refractivity contribution in [2.24, 2.45) is 5.92 Å². The molecule has 3 rings (SSSR count). The van der Waals surface area contributed by atoms with E-state index in [1.165, 1.54) is 4.90 Å². The number of Topliss-reactive ketones (excluding diaryl/α,β-unsaturated/α-hetero) is 1. The van der Waals surface area contributed by atoms with Crippen molar-refractivity contribution in [3.63, 3.8) is 0 Å². The Kier molecular flexibility index (Phi) is 5.16. The Hall–Kier alpha value is -1.81. The van der Waals surface area contributed by atoms with E-state index in [0.29, 0.717) is 22.0 Å². The van der Waals surface area contributed by atoms with Gasteiger partial charge in [0.05, 0.1) is 5.70 Å². The van der Waals surface area contributed by atoms with Gasteiger partial charge in [0, 0.05) is 10.7 Å². The molecular formula is C20H16Cl3NO2. The molecule has 0 fully saturated rings. The number of carbonyl (C=O) groups excluding carboxylic acids is 2. The summed E-state index contributed by atoms with van der Waals surface area (Å²) in [5.74, 6) is -1.32. The van der Waals surface area contributed by atoms with E-state index in [0.717, 1.165) is 0 Å². The molecular weight excluding hydrogens is 393 g/mol. The molecule has 0 aromatic heterocycles. The molecule has 1 heterocycles. The molecule has 1 amide bonds. The third kappa shape index (κ3) is 2.94. The second-order valence-corrected chi connectivity index (χ2v) is 7.71.